The van der Waals surface area contributed by atoms with Gasteiger partial charge in [0, 0.05) is 43.2 Å². The van der Waals surface area contributed by atoms with Gasteiger partial charge in [0.25, 0.3) is 22.9 Å². The number of aldehydes is 2. The number of aromatic amines is 1. The minimum atomic E-state index is -1.87. The first kappa shape index (κ1) is 81.3. The van der Waals surface area contributed by atoms with Crippen molar-refractivity contribution in [1.82, 2.24) is 40.0 Å². The Bertz CT molecular complexity index is 3900. The zero-order chi connectivity index (χ0) is 76.7. The van der Waals surface area contributed by atoms with Crippen LogP contribution in [0.2, 0.25) is 0 Å². The number of methoxy groups -OCH3 is 1. The fourth-order valence-electron chi connectivity index (χ4n) is 13.5. The molecule has 20 atom stereocenters. The van der Waals surface area contributed by atoms with Gasteiger partial charge in [0.05, 0.1) is 25.6 Å². The number of nitrogens with two attached hydrogens (primary N) is 2. The highest BCUT2D eigenvalue weighted by atomic mass is 16.8. The molecule has 0 spiro atoms. The summed E-state index contributed by atoms with van der Waals surface area (Å²) in [6, 6.07) is 7.22. The van der Waals surface area contributed by atoms with Gasteiger partial charge in [-0.2, -0.15) is 0 Å². The van der Waals surface area contributed by atoms with Gasteiger partial charge in [-0.1, -0.05) is 64.0 Å². The van der Waals surface area contributed by atoms with Gasteiger partial charge in [0.15, 0.2) is 48.1 Å². The number of hydrogen-bond donors (Lipinski definition) is 10. The quantitative estimate of drug-likeness (QED) is 0.0269. The molecule has 6 amide bonds. The third-order valence-electron chi connectivity index (χ3n) is 19.1. The van der Waals surface area contributed by atoms with Gasteiger partial charge in [-0.25, -0.2) is 14.2 Å². The number of aliphatic hydroxyl groups is 3. The van der Waals surface area contributed by atoms with Gasteiger partial charge in [-0.3, -0.25) is 52.5 Å². The number of nitrogens with zero attached hydrogens (tertiary/aromatic N) is 3. The van der Waals surface area contributed by atoms with Crippen molar-refractivity contribution in [3.05, 3.63) is 120 Å². The van der Waals surface area contributed by atoms with Crippen molar-refractivity contribution in [1.29, 1.82) is 0 Å². The molecule has 12 N–H and O–H groups in total. The number of amides is 6. The SMILES string of the molecule is CCCCCCCCCCO[C@@H]1[C@H](C=O)[C@@H]([C@@H](O[C@H]2OC(C(=O)N[C@H]3CCC[C@@H](C)NC3=O)=C[C@H](O)[C@@H]2O)C(N)=O)O[C@H]1n1ccc(=O)[nH]c1=O.COc1ccc(COCn2c(=O)ccn([C@@H]3O[C@H]([C@@H](O[C@H]4OC(C(=O)N[C@H]5CCC[C@@H](C)NC5=O)=C[C@@H]5OC(C)(C)O[C@H]45)C(N)=O)[C@@H](C=O)[C@H]3O)c2=O)cc1. The smallest absolute Gasteiger partial charge is 0.335 e. The third kappa shape index (κ3) is 20.3. The van der Waals surface area contributed by atoms with E-state index in [0.29, 0.717) is 50.4 Å². The largest absolute Gasteiger partial charge is 0.497 e. The fourth-order valence-corrected chi connectivity index (χ4v) is 13.5. The number of carbonyl (C=O) groups excluding carboxylic acids is 8. The van der Waals surface area contributed by atoms with Crippen LogP contribution in [0.25, 0.3) is 0 Å². The monoisotopic (exact) mass is 1490 g/mol. The second-order valence-corrected chi connectivity index (χ2v) is 27.6. The maximum atomic E-state index is 13.6. The molecule has 1 aromatic carbocycles. The second-order valence-electron chi connectivity index (χ2n) is 27.6. The van der Waals surface area contributed by atoms with Crippen molar-refractivity contribution in [2.24, 2.45) is 23.3 Å². The van der Waals surface area contributed by atoms with Crippen LogP contribution >= 0.6 is 0 Å². The Kier molecular flexibility index (Phi) is 28.5. The number of hydrogen-bond acceptors (Lipinski definition) is 26. The molecule has 106 heavy (non-hydrogen) atoms. The second kappa shape index (κ2) is 37.1. The highest BCUT2D eigenvalue weighted by Gasteiger charge is 2.57. The zero-order valence-electron chi connectivity index (χ0n) is 59.7. The lowest BCUT2D eigenvalue weighted by atomic mass is 9.95. The summed E-state index contributed by atoms with van der Waals surface area (Å²) >= 11 is 0. The molecule has 5 saturated heterocycles. The Morgan fingerprint density at radius 3 is 1.83 bits per heavy atom. The van der Waals surface area contributed by atoms with Crippen LogP contribution in [-0.4, -0.2) is 199 Å². The van der Waals surface area contributed by atoms with Crippen LogP contribution in [0.1, 0.15) is 143 Å². The van der Waals surface area contributed by atoms with Crippen molar-refractivity contribution < 1.29 is 106 Å². The highest BCUT2D eigenvalue weighted by molar-refractivity contribution is 5.96. The molecular formula is C70H96N10O26. The van der Waals surface area contributed by atoms with Crippen LogP contribution in [0.15, 0.2) is 91.6 Å². The minimum Gasteiger partial charge on any atom is -0.497 e. The van der Waals surface area contributed by atoms with E-state index in [-0.39, 0.29) is 42.9 Å². The number of rotatable bonds is 31. The first-order valence-electron chi connectivity index (χ1n) is 35.6. The number of H-pyrrole nitrogens is 1. The Labute approximate surface area is 608 Å². The summed E-state index contributed by atoms with van der Waals surface area (Å²) in [5.74, 6) is -8.74. The molecule has 3 aromatic rings. The van der Waals surface area contributed by atoms with Crippen molar-refractivity contribution >= 4 is 48.0 Å². The van der Waals surface area contributed by atoms with E-state index < -0.39 is 174 Å². The molecule has 2 aromatic heterocycles. The van der Waals surface area contributed by atoms with Crippen molar-refractivity contribution in [3.63, 3.8) is 0 Å². The molecule has 5 fully saturated rings. The maximum Gasteiger partial charge on any atom is 0.335 e. The summed E-state index contributed by atoms with van der Waals surface area (Å²) in [6.45, 7) is 8.87. The van der Waals surface area contributed by atoms with Crippen LogP contribution in [0.3, 0.4) is 0 Å². The standard InChI is InChI=1S/C36H45N5O14.C34H51N5O12/c1-18-6-5-7-22(31(46)38-18)39-32(47)24-14-23-28(55-36(2,3)54-23)34(51-24)53-29(30(37)45)27-21(15-42)26(44)33(52-27)40-13-12-25(43)41(35(40)48)17-50-16-19-8-10-20(49-4)11-9-19;1-3-4-5-6-7-8-9-10-16-48-27-20(18-40)26(50-32(27)39-15-14-24(42)38-34(39)47)28(29(35)44)51-33-25(43)22(41)17-23(49-33)31(46)37-21-13-11-12-19(2)36-30(21)45/h8-15,18,21-23,26-29,33-34,44H,5-7,16-17H2,1-4H3,(H2,37,45)(H,38,46)(H,39,47);14-15,17-22,25-28,32-33,41,43H,3-13,16H2,1-2H3,(H2,35,44)(H,36,45)(H,37,46)(H,38,42,47)/t18-,21+,22+,23+,26-,27+,28+,29-,33-,34-;19-,20-,21+,22+,25+,26+,27-,28-,32-,33-/m11/s1. The fraction of sp³-hybridized carbons (Fsp3) is 0.629. The molecular weight excluding hydrogens is 1400 g/mol. The zero-order valence-corrected chi connectivity index (χ0v) is 59.7. The number of aromatic nitrogens is 4. The lowest BCUT2D eigenvalue weighted by Crippen LogP contribution is -2.53. The average molecular weight is 1490 g/mol. The summed E-state index contributed by atoms with van der Waals surface area (Å²) in [5, 5.41) is 43.5. The molecule has 10 rings (SSSR count). The van der Waals surface area contributed by atoms with Crippen LogP contribution in [0, 0.1) is 11.8 Å². The topological polar surface area (TPSA) is 498 Å². The lowest BCUT2D eigenvalue weighted by Gasteiger charge is -2.35. The number of ether oxygens (including phenoxy) is 11. The molecule has 0 aliphatic carbocycles. The Morgan fingerprint density at radius 2 is 1.25 bits per heavy atom. The Hall–Kier alpha value is -8.82. The summed E-state index contributed by atoms with van der Waals surface area (Å²) in [5.41, 5.74) is 9.05. The third-order valence-corrected chi connectivity index (χ3v) is 19.1. The molecule has 36 nitrogen and oxygen atoms in total. The minimum absolute atomic E-state index is 0.0466. The van der Waals surface area contributed by atoms with Gasteiger partial charge in [-0.15, -0.1) is 0 Å². The summed E-state index contributed by atoms with van der Waals surface area (Å²) < 4.78 is 66.8. The van der Waals surface area contributed by atoms with E-state index in [4.69, 9.17) is 63.6 Å². The average Bonchev–Trinajstić information content (AvgIpc) is 1.61. The van der Waals surface area contributed by atoms with Crippen LogP contribution in [0.5, 0.6) is 5.75 Å². The van der Waals surface area contributed by atoms with E-state index in [0.717, 1.165) is 94.8 Å². The van der Waals surface area contributed by atoms with E-state index >= 15 is 0 Å². The van der Waals surface area contributed by atoms with Gasteiger partial charge in [-0.05, 0) is 102 Å². The number of aliphatic hydroxyl groups excluding tert-OH is 3. The summed E-state index contributed by atoms with van der Waals surface area (Å²) in [6.07, 6.45) is -4.30. The van der Waals surface area contributed by atoms with Crippen LogP contribution in [0.4, 0.5) is 0 Å². The molecule has 0 saturated carbocycles. The van der Waals surface area contributed by atoms with Crippen LogP contribution < -0.4 is 60.0 Å². The number of benzene rings is 1. The molecule has 0 radical (unpaired) electrons. The first-order valence-corrected chi connectivity index (χ1v) is 35.6. The van der Waals surface area contributed by atoms with E-state index in [1.807, 2.05) is 13.8 Å². The van der Waals surface area contributed by atoms with Crippen molar-refractivity contribution in [2.45, 2.75) is 254 Å². The first-order chi connectivity index (χ1) is 50.6. The van der Waals surface area contributed by atoms with Crippen molar-refractivity contribution in [3.8, 4) is 5.75 Å². The predicted molar refractivity (Wildman–Crippen MR) is 366 cm³/mol. The number of primary amides is 2. The van der Waals surface area contributed by atoms with Gasteiger partial charge >= 0.3 is 11.4 Å². The van der Waals surface area contributed by atoms with Crippen molar-refractivity contribution in [2.75, 3.05) is 13.7 Å². The van der Waals surface area contributed by atoms with Gasteiger partial charge in [0.2, 0.25) is 36.2 Å². The molecule has 7 aliphatic rings. The van der Waals surface area contributed by atoms with Gasteiger partial charge in [0.1, 0.15) is 79.9 Å². The summed E-state index contributed by atoms with van der Waals surface area (Å²) in [7, 11) is 1.53. The normalized spacial score (nSPS) is 30.3. The van der Waals surface area contributed by atoms with E-state index in [1.165, 1.54) is 26.0 Å². The van der Waals surface area contributed by atoms with Gasteiger partial charge < -0.3 is 110 Å². The van der Waals surface area contributed by atoms with E-state index in [1.54, 1.807) is 38.1 Å². The summed E-state index contributed by atoms with van der Waals surface area (Å²) in [4.78, 5) is 156. The lowest BCUT2D eigenvalue weighted by molar-refractivity contribution is -0.238. The highest BCUT2D eigenvalue weighted by Crippen LogP contribution is 2.41. The number of carbonyl (C=O) groups is 8. The molecule has 7 aliphatic heterocycles. The number of unbranched alkanes of at least 4 members (excludes halogenated alkanes) is 7. The van der Waals surface area contributed by atoms with E-state index in [2.05, 4.69) is 33.2 Å². The van der Waals surface area contributed by atoms with E-state index in [9.17, 15) is 72.9 Å². The van der Waals surface area contributed by atoms with Crippen LogP contribution in [-0.2, 0) is 99.1 Å². The Balaban J connectivity index is 0.000000246. The molecule has 0 bridgehead atoms. The molecule has 0 unspecified atom stereocenters. The predicted octanol–water partition coefficient (Wildman–Crippen LogP) is -1.15. The molecule has 36 heteroatoms. The number of fused-ring (bicyclic) bond motifs is 1. The molecule has 582 valence electrons. The molecule has 9 heterocycles. The Morgan fingerprint density at radius 1 is 0.689 bits per heavy atom. The number of nitrogens with one attached hydrogen (secondary N) is 5. The maximum absolute atomic E-state index is 13.6.